The second-order valence-electron chi connectivity index (χ2n) is 8.99. The fourth-order valence-corrected chi connectivity index (χ4v) is 4.98. The van der Waals surface area contributed by atoms with E-state index in [1.54, 1.807) is 0 Å². The lowest BCUT2D eigenvalue weighted by Gasteiger charge is -2.16. The van der Waals surface area contributed by atoms with Gasteiger partial charge in [0.15, 0.2) is 6.20 Å². The van der Waals surface area contributed by atoms with Crippen LogP contribution in [-0.2, 0) is 7.05 Å². The van der Waals surface area contributed by atoms with Gasteiger partial charge in [-0.2, -0.15) is 0 Å². The summed E-state index contributed by atoms with van der Waals surface area (Å²) >= 11 is 0. The molecule has 1 aromatic heterocycles. The predicted octanol–water partition coefficient (Wildman–Crippen LogP) is 7.36. The normalized spacial score (nSPS) is 11.1. The highest BCUT2D eigenvalue weighted by Gasteiger charge is 2.20. The molecule has 4 rings (SSSR count). The first-order valence-electron chi connectivity index (χ1n) is 11.0. The van der Waals surface area contributed by atoms with Gasteiger partial charge >= 0.3 is 0 Å². The average molecular weight is 407 g/mol. The monoisotopic (exact) mass is 406 g/mol. The van der Waals surface area contributed by atoms with Crippen LogP contribution in [-0.4, -0.2) is 0 Å². The maximum absolute atomic E-state index is 2.38. The third kappa shape index (κ3) is 3.93. The fourth-order valence-electron chi connectivity index (χ4n) is 4.98. The molecule has 1 nitrogen and oxygen atoms in total. The molecule has 31 heavy (non-hydrogen) atoms. The van der Waals surface area contributed by atoms with Crippen molar-refractivity contribution in [2.75, 3.05) is 0 Å². The molecule has 0 amide bonds. The van der Waals surface area contributed by atoms with Crippen molar-refractivity contribution >= 4 is 0 Å². The number of nitrogens with zero attached hydrogens (tertiary/aromatic N) is 1. The van der Waals surface area contributed by atoms with Crippen molar-refractivity contribution in [3.05, 3.63) is 100 Å². The van der Waals surface area contributed by atoms with Crippen molar-refractivity contribution in [1.82, 2.24) is 0 Å². The Morgan fingerprint density at radius 2 is 1.16 bits per heavy atom. The largest absolute Gasteiger partial charge is 0.213 e. The number of pyridine rings is 1. The van der Waals surface area contributed by atoms with Crippen LogP contribution in [0, 0.1) is 41.5 Å². The molecule has 0 aliphatic rings. The molecule has 0 aliphatic heterocycles. The molecule has 1 heteroatoms. The molecule has 0 N–H and O–H groups in total. The molecule has 0 spiro atoms. The van der Waals surface area contributed by atoms with Crippen LogP contribution in [0.5, 0.6) is 0 Å². The van der Waals surface area contributed by atoms with Crippen LogP contribution in [0.2, 0.25) is 0 Å². The summed E-state index contributed by atoms with van der Waals surface area (Å²) in [5.41, 5.74) is 15.7. The first-order valence-corrected chi connectivity index (χ1v) is 11.0. The highest BCUT2D eigenvalue weighted by Crippen LogP contribution is 2.35. The minimum atomic E-state index is 1.25. The van der Waals surface area contributed by atoms with Crippen LogP contribution in [0.25, 0.3) is 33.5 Å². The number of hydrogen-bond donors (Lipinski definition) is 0. The van der Waals surface area contributed by atoms with E-state index < -0.39 is 0 Å². The minimum absolute atomic E-state index is 1.25. The Morgan fingerprint density at radius 1 is 0.548 bits per heavy atom. The summed E-state index contributed by atoms with van der Waals surface area (Å²) < 4.78 is 2.27. The zero-order chi connectivity index (χ0) is 22.3. The maximum Gasteiger partial charge on any atom is 0.213 e. The molecule has 0 bridgehead atoms. The van der Waals surface area contributed by atoms with Gasteiger partial charge in [0.1, 0.15) is 7.05 Å². The van der Waals surface area contributed by atoms with Crippen LogP contribution in [0.15, 0.2) is 66.9 Å². The standard InChI is InChI=1S/C30H32N/c1-19-13-22(4)30(23(5)14-19)28-17-29(31(7)18-24(28)6)27-16-26(20(2)15-21(27)3)25-11-9-8-10-12-25/h8-18H,1-7H3/q+1. The lowest BCUT2D eigenvalue weighted by molar-refractivity contribution is -0.660. The van der Waals surface area contributed by atoms with Crippen LogP contribution in [0.1, 0.15) is 33.4 Å². The van der Waals surface area contributed by atoms with Gasteiger partial charge in [0.2, 0.25) is 5.69 Å². The van der Waals surface area contributed by atoms with Gasteiger partial charge in [0, 0.05) is 17.2 Å². The third-order valence-corrected chi connectivity index (χ3v) is 6.35. The van der Waals surface area contributed by atoms with E-state index in [2.05, 4.69) is 120 Å². The Labute approximate surface area is 187 Å². The van der Waals surface area contributed by atoms with Gasteiger partial charge in [-0.3, -0.25) is 0 Å². The Balaban J connectivity index is 1.96. The van der Waals surface area contributed by atoms with Gasteiger partial charge in [-0.15, -0.1) is 0 Å². The van der Waals surface area contributed by atoms with E-state index in [0.717, 1.165) is 0 Å². The van der Waals surface area contributed by atoms with E-state index >= 15 is 0 Å². The summed E-state index contributed by atoms with van der Waals surface area (Å²) in [5.74, 6) is 0. The van der Waals surface area contributed by atoms with E-state index in [9.17, 15) is 0 Å². The van der Waals surface area contributed by atoms with Crippen molar-refractivity contribution in [3.8, 4) is 33.5 Å². The SMILES string of the molecule is Cc1cc(C)c(-c2cc(-c3cc(-c4ccccc4)c(C)cc3C)[n+](C)cc2C)c(C)c1. The fraction of sp³-hybridized carbons (Fsp3) is 0.233. The second kappa shape index (κ2) is 8.15. The molecular formula is C30H32N+. The summed E-state index contributed by atoms with van der Waals surface area (Å²) in [6.07, 6.45) is 2.27. The van der Waals surface area contributed by atoms with Gasteiger partial charge in [-0.1, -0.05) is 54.1 Å². The van der Waals surface area contributed by atoms with E-state index in [-0.39, 0.29) is 0 Å². The molecule has 3 aromatic carbocycles. The molecule has 0 saturated carbocycles. The molecule has 0 atom stereocenters. The predicted molar refractivity (Wildman–Crippen MR) is 132 cm³/mol. The summed E-state index contributed by atoms with van der Waals surface area (Å²) in [6.45, 7) is 13.3. The Hall–Kier alpha value is -3.19. The zero-order valence-electron chi connectivity index (χ0n) is 19.8. The van der Waals surface area contributed by atoms with E-state index in [4.69, 9.17) is 0 Å². The van der Waals surface area contributed by atoms with E-state index in [1.807, 2.05) is 0 Å². The van der Waals surface area contributed by atoms with Crippen LogP contribution < -0.4 is 4.57 Å². The van der Waals surface area contributed by atoms with Gasteiger partial charge in [0.25, 0.3) is 0 Å². The number of aryl methyl sites for hydroxylation is 7. The number of hydrogen-bond acceptors (Lipinski definition) is 0. The minimum Gasteiger partial charge on any atom is -0.201 e. The molecule has 0 radical (unpaired) electrons. The lowest BCUT2D eigenvalue weighted by Crippen LogP contribution is -2.31. The van der Waals surface area contributed by atoms with Crippen molar-refractivity contribution in [1.29, 1.82) is 0 Å². The van der Waals surface area contributed by atoms with Crippen molar-refractivity contribution in [2.24, 2.45) is 7.05 Å². The first kappa shape index (κ1) is 21.1. The third-order valence-electron chi connectivity index (χ3n) is 6.35. The topological polar surface area (TPSA) is 3.88 Å². The Kier molecular flexibility index (Phi) is 5.54. The summed E-state index contributed by atoms with van der Waals surface area (Å²) in [5, 5.41) is 0. The highest BCUT2D eigenvalue weighted by atomic mass is 14.9. The first-order chi connectivity index (χ1) is 14.8. The van der Waals surface area contributed by atoms with Gasteiger partial charge in [-0.25, -0.2) is 4.57 Å². The molecule has 0 aliphatic carbocycles. The molecular weight excluding hydrogens is 374 g/mol. The van der Waals surface area contributed by atoms with Crippen molar-refractivity contribution < 1.29 is 4.57 Å². The quantitative estimate of drug-likeness (QED) is 0.313. The van der Waals surface area contributed by atoms with Crippen LogP contribution in [0.4, 0.5) is 0 Å². The molecule has 0 saturated heterocycles. The van der Waals surface area contributed by atoms with E-state index in [1.165, 1.54) is 66.9 Å². The van der Waals surface area contributed by atoms with Crippen molar-refractivity contribution in [2.45, 2.75) is 41.5 Å². The molecule has 4 aromatic rings. The van der Waals surface area contributed by atoms with Gasteiger partial charge in [0.05, 0.1) is 0 Å². The summed E-state index contributed by atoms with van der Waals surface area (Å²) in [6, 6.07) is 22.3. The number of aromatic nitrogens is 1. The second-order valence-corrected chi connectivity index (χ2v) is 8.99. The average Bonchev–Trinajstić information content (AvgIpc) is 2.70. The summed E-state index contributed by atoms with van der Waals surface area (Å²) in [7, 11) is 2.16. The number of benzene rings is 3. The molecule has 0 fully saturated rings. The Bertz CT molecular complexity index is 1260. The van der Waals surface area contributed by atoms with Gasteiger partial charge < -0.3 is 0 Å². The Morgan fingerprint density at radius 3 is 1.81 bits per heavy atom. The highest BCUT2D eigenvalue weighted by molar-refractivity contribution is 5.80. The molecule has 156 valence electrons. The van der Waals surface area contributed by atoms with Crippen LogP contribution in [0.3, 0.4) is 0 Å². The zero-order valence-corrected chi connectivity index (χ0v) is 19.8. The molecule has 1 heterocycles. The van der Waals surface area contributed by atoms with Crippen molar-refractivity contribution in [3.63, 3.8) is 0 Å². The van der Waals surface area contributed by atoms with Crippen LogP contribution >= 0.6 is 0 Å². The lowest BCUT2D eigenvalue weighted by atomic mass is 9.89. The summed E-state index contributed by atoms with van der Waals surface area (Å²) in [4.78, 5) is 0. The number of rotatable bonds is 3. The smallest absolute Gasteiger partial charge is 0.201 e. The molecule has 0 unspecified atom stereocenters. The van der Waals surface area contributed by atoms with Gasteiger partial charge in [-0.05, 0) is 92.1 Å². The maximum atomic E-state index is 2.38. The van der Waals surface area contributed by atoms with E-state index in [0.29, 0.717) is 0 Å².